The van der Waals surface area contributed by atoms with Crippen molar-refractivity contribution in [1.82, 2.24) is 16.0 Å². The smallest absolute Gasteiger partial charge is 0.261 e. The highest BCUT2D eigenvalue weighted by Gasteiger charge is 2.38. The molecule has 0 saturated carbocycles. The molecule has 5 aromatic rings. The summed E-state index contributed by atoms with van der Waals surface area (Å²) < 4.78 is 24.3. The number of para-hydroxylation sites is 2. The van der Waals surface area contributed by atoms with Gasteiger partial charge in [0.25, 0.3) is 11.8 Å². The van der Waals surface area contributed by atoms with E-state index in [9.17, 15) is 28.8 Å². The number of rotatable bonds is 30. The first-order valence-corrected chi connectivity index (χ1v) is 33.0. The second-order valence-electron chi connectivity index (χ2n) is 23.8. The number of carbonyl (C=O) groups is 6. The van der Waals surface area contributed by atoms with Crippen molar-refractivity contribution in [3.8, 4) is 23.0 Å². The number of methoxy groups -OCH3 is 2. The molecule has 20 heteroatoms. The number of amides is 6. The number of fused-ring (bicyclic) bond motifs is 8. The molecule has 4 N–H and O–H groups in total. The normalized spacial score (nSPS) is 16.0. The lowest BCUT2D eigenvalue weighted by atomic mass is 10.0. The van der Waals surface area contributed by atoms with Crippen LogP contribution in [0.5, 0.6) is 23.0 Å². The van der Waals surface area contributed by atoms with E-state index in [1.807, 2.05) is 68.4 Å². The van der Waals surface area contributed by atoms with Crippen molar-refractivity contribution in [2.24, 2.45) is 15.9 Å². The van der Waals surface area contributed by atoms with Crippen molar-refractivity contribution in [3.63, 3.8) is 0 Å². The molecule has 0 unspecified atom stereocenters. The third-order valence-corrected chi connectivity index (χ3v) is 19.5. The molecule has 6 amide bonds. The number of hydrogen-bond acceptors (Lipinski definition) is 14. The summed E-state index contributed by atoms with van der Waals surface area (Å²) in [4.78, 5) is 95.2. The van der Waals surface area contributed by atoms with Crippen LogP contribution in [0.25, 0.3) is 0 Å². The number of nitrogens with one attached hydrogen (secondary N) is 4. The molecule has 88 heavy (non-hydrogen) atoms. The fraction of sp³-hybridized carbons (Fsp3) is 0.441. The van der Waals surface area contributed by atoms with Gasteiger partial charge in [-0.05, 0) is 111 Å². The Morgan fingerprint density at radius 1 is 0.648 bits per heavy atom. The van der Waals surface area contributed by atoms with Gasteiger partial charge in [-0.2, -0.15) is 0 Å². The molecule has 0 spiro atoms. The van der Waals surface area contributed by atoms with E-state index >= 15 is 0 Å². The van der Waals surface area contributed by atoms with E-state index in [2.05, 4.69) is 42.0 Å². The van der Waals surface area contributed by atoms with E-state index < -0.39 is 23.9 Å². The predicted octanol–water partition coefficient (Wildman–Crippen LogP) is 12.2. The zero-order valence-electron chi connectivity index (χ0n) is 51.7. The van der Waals surface area contributed by atoms with Crippen LogP contribution in [-0.2, 0) is 45.2 Å². The Bertz CT molecular complexity index is 3280. The summed E-state index contributed by atoms with van der Waals surface area (Å²) in [6, 6.07) is 25.3. The van der Waals surface area contributed by atoms with Crippen molar-refractivity contribution in [3.05, 3.63) is 124 Å². The Balaban J connectivity index is 0.849. The number of aliphatic imine (C=N–C) groups is 2. The van der Waals surface area contributed by atoms with Crippen LogP contribution in [-0.4, -0.2) is 103 Å². The van der Waals surface area contributed by atoms with Gasteiger partial charge >= 0.3 is 0 Å². The molecule has 0 aliphatic carbocycles. The summed E-state index contributed by atoms with van der Waals surface area (Å²) >= 11 is 0. The quantitative estimate of drug-likeness (QED) is 0.0249. The van der Waals surface area contributed by atoms with Crippen LogP contribution < -0.4 is 50.0 Å². The molecule has 0 bridgehead atoms. The molecule has 0 aromatic heterocycles. The molecule has 4 aliphatic heterocycles. The van der Waals surface area contributed by atoms with Gasteiger partial charge < -0.3 is 40.2 Å². The van der Waals surface area contributed by atoms with Crippen molar-refractivity contribution in [2.75, 3.05) is 41.6 Å². The third kappa shape index (κ3) is 16.1. The van der Waals surface area contributed by atoms with Gasteiger partial charge in [0, 0.05) is 84.4 Å². The Morgan fingerprint density at radius 2 is 1.19 bits per heavy atom. The van der Waals surface area contributed by atoms with E-state index in [1.54, 1.807) is 87.1 Å². The minimum Gasteiger partial charge on any atom is -0.493 e. The molecule has 0 radical (unpaired) electrons. The van der Waals surface area contributed by atoms with E-state index in [1.165, 1.54) is 39.9 Å². The van der Waals surface area contributed by atoms with Gasteiger partial charge in [-0.25, -0.2) is 0 Å². The molecule has 4 aliphatic rings. The molecule has 0 fully saturated rings. The summed E-state index contributed by atoms with van der Waals surface area (Å²) in [5, 5.41) is 11.8. The zero-order valence-corrected chi connectivity index (χ0v) is 53.3. The fourth-order valence-corrected chi connectivity index (χ4v) is 13.9. The zero-order chi connectivity index (χ0) is 62.5. The first-order valence-electron chi connectivity index (χ1n) is 30.7. The lowest BCUT2D eigenvalue weighted by Crippen LogP contribution is -2.53. The highest BCUT2D eigenvalue weighted by Crippen LogP contribution is 2.44. The van der Waals surface area contributed by atoms with Crippen molar-refractivity contribution >= 4 is 97.9 Å². The Morgan fingerprint density at radius 3 is 1.74 bits per heavy atom. The summed E-state index contributed by atoms with van der Waals surface area (Å²) in [5.74, 6) is 0.239. The minimum atomic E-state index is -1.03. The van der Waals surface area contributed by atoms with Crippen molar-refractivity contribution in [2.45, 2.75) is 161 Å². The first-order chi connectivity index (χ1) is 42.4. The van der Waals surface area contributed by atoms with Gasteiger partial charge in [-0.15, -0.1) is 0 Å². The van der Waals surface area contributed by atoms with Crippen molar-refractivity contribution in [1.29, 1.82) is 0 Å². The lowest BCUT2D eigenvalue weighted by Gasteiger charge is -2.26. The number of nitrogens with zero attached hydrogens (tertiary/aromatic N) is 4. The van der Waals surface area contributed by atoms with Crippen LogP contribution in [0.4, 0.5) is 28.4 Å². The fourth-order valence-electron chi connectivity index (χ4n) is 11.3. The van der Waals surface area contributed by atoms with Crippen LogP contribution in [0.3, 0.4) is 0 Å². The maximum Gasteiger partial charge on any atom is 0.261 e. The molecule has 5 aromatic carbocycles. The van der Waals surface area contributed by atoms with Gasteiger partial charge in [-0.1, -0.05) is 111 Å². The second kappa shape index (κ2) is 29.9. The van der Waals surface area contributed by atoms with E-state index in [4.69, 9.17) is 28.9 Å². The van der Waals surface area contributed by atoms with Gasteiger partial charge in [0.2, 0.25) is 23.6 Å². The van der Waals surface area contributed by atoms with Crippen LogP contribution in [0.15, 0.2) is 101 Å². The van der Waals surface area contributed by atoms with Crippen LogP contribution in [0.2, 0.25) is 0 Å². The highest BCUT2D eigenvalue weighted by atomic mass is 33.1. The van der Waals surface area contributed by atoms with Crippen LogP contribution in [0.1, 0.15) is 149 Å². The van der Waals surface area contributed by atoms with Crippen LogP contribution >= 0.6 is 21.6 Å². The summed E-state index contributed by atoms with van der Waals surface area (Å²) in [6.07, 6.45) is 14.0. The largest absolute Gasteiger partial charge is 0.493 e. The maximum absolute atomic E-state index is 14.2. The molecule has 18 nitrogen and oxygen atoms in total. The van der Waals surface area contributed by atoms with Gasteiger partial charge in [0.05, 0.1) is 48.8 Å². The summed E-state index contributed by atoms with van der Waals surface area (Å²) in [7, 11) is 6.39. The molecular formula is C68H82N8O10S2. The standard InChI is InChI=1S/C68H82N8O10S2/c1-9-10-11-12-13-18-27-69-61(77)24-19-28-87-88-68(5,6)26-25-62(78)74-63(42(2)3)65(80)72-43(4)64(79)73-48-30-44(40-85-59-36-53-51(34-57(59)83-7)66(81)75-49(38-70-53)32-46-20-14-16-22-55(46)75)29-45(31-48)41-86-60-37-54-52(35-58(60)84-8)67(82)76-50(39-71-54)33-47-21-15-17-23-56(47)76/h14-17,20-23,29-31,34-39,42-43,49-50,63H,9-13,18-19,24-28,32-33,40-41H2,1-8H3,(H,69,77)(H,72,80)(H,73,79)(H,74,78)/t43-,49-,50-,63-/m0/s1. The number of hydrogen-bond donors (Lipinski definition) is 4. The number of benzene rings is 5. The molecular weight excluding hydrogens is 1150 g/mol. The molecule has 466 valence electrons. The number of anilines is 3. The monoisotopic (exact) mass is 1230 g/mol. The molecule has 0 saturated heterocycles. The molecule has 9 rings (SSSR count). The third-order valence-electron chi connectivity index (χ3n) is 16.1. The lowest BCUT2D eigenvalue weighted by molar-refractivity contribution is -0.131. The van der Waals surface area contributed by atoms with E-state index in [0.717, 1.165) is 54.1 Å². The average Bonchev–Trinajstić information content (AvgIpc) is 2.35. The SMILES string of the molecule is CCCCCCCCNC(=O)CCCSSC(C)(C)CCC(=O)N[C@H](C(=O)N[C@@H](C)C(=O)Nc1cc(COc2cc3c(cc2OC)C(=O)N2c4ccccc4C[C@H]2C=N3)cc(COc2cc3c(cc2OC)C(=O)N2c4ccccc4C[C@H]2C=N3)c1)C(C)C. The number of carbonyl (C=O) groups excluding carboxylic acids is 6. The second-order valence-corrected chi connectivity index (χ2v) is 26.9. The summed E-state index contributed by atoms with van der Waals surface area (Å²) in [6.45, 7) is 12.3. The Hall–Kier alpha value is -7.84. The topological polar surface area (TPSA) is 219 Å². The predicted molar refractivity (Wildman–Crippen MR) is 351 cm³/mol. The highest BCUT2D eigenvalue weighted by molar-refractivity contribution is 8.77. The van der Waals surface area contributed by atoms with E-state index in [0.29, 0.717) is 88.0 Å². The van der Waals surface area contributed by atoms with Gasteiger partial charge in [-0.3, -0.25) is 48.6 Å². The maximum atomic E-state index is 14.2. The summed E-state index contributed by atoms with van der Waals surface area (Å²) in [5.41, 5.74) is 7.05. The van der Waals surface area contributed by atoms with E-state index in [-0.39, 0.29) is 66.0 Å². The van der Waals surface area contributed by atoms with Crippen molar-refractivity contribution < 1.29 is 47.7 Å². The first kappa shape index (κ1) is 64.6. The minimum absolute atomic E-state index is 0.0261. The van der Waals surface area contributed by atoms with Gasteiger partial charge in [0.15, 0.2) is 23.0 Å². The van der Waals surface area contributed by atoms with Gasteiger partial charge in [0.1, 0.15) is 25.3 Å². The molecule has 4 heterocycles. The molecule has 4 atom stereocenters. The average molecular weight is 1240 g/mol. The Kier molecular flexibility index (Phi) is 22.0. The number of unbranched alkanes of at least 4 members (excludes halogenated alkanes) is 5. The number of ether oxygens (including phenoxy) is 4. The Labute approximate surface area is 524 Å². The van der Waals surface area contributed by atoms with Crippen LogP contribution in [0, 0.1) is 5.92 Å².